The molecule has 6 heteroatoms. The van der Waals surface area contributed by atoms with Gasteiger partial charge in [-0.05, 0) is 35.4 Å². The van der Waals surface area contributed by atoms with E-state index in [2.05, 4.69) is 4.74 Å². The zero-order valence-electron chi connectivity index (χ0n) is 13.0. The quantitative estimate of drug-likeness (QED) is 0.611. The zero-order valence-corrected chi connectivity index (χ0v) is 13.0. The number of carboxylic acid groups (broad SMARTS) is 1. The number of carboxylic acids is 1. The van der Waals surface area contributed by atoms with E-state index in [9.17, 15) is 19.5 Å². The Morgan fingerprint density at radius 1 is 1.12 bits per heavy atom. The molecular weight excluding hydrogens is 324 g/mol. The van der Waals surface area contributed by atoms with Crippen LogP contribution >= 0.6 is 0 Å². The van der Waals surface area contributed by atoms with Gasteiger partial charge >= 0.3 is 5.97 Å². The molecule has 0 bridgehead atoms. The second kappa shape index (κ2) is 8.26. The molecule has 2 N–H and O–H groups in total. The Bertz CT molecular complexity index is 853. The third kappa shape index (κ3) is 4.90. The van der Waals surface area contributed by atoms with Crippen molar-refractivity contribution in [2.45, 2.75) is 0 Å². The summed E-state index contributed by atoms with van der Waals surface area (Å²) in [7, 11) is 0. The van der Waals surface area contributed by atoms with Crippen molar-refractivity contribution in [3.05, 3.63) is 83.2 Å². The van der Waals surface area contributed by atoms with Crippen molar-refractivity contribution in [2.75, 3.05) is 0 Å². The smallest absolute Gasteiger partial charge is 0.339 e. The zero-order chi connectivity index (χ0) is 18.2. The minimum absolute atomic E-state index is 0.0435. The van der Waals surface area contributed by atoms with E-state index in [-0.39, 0.29) is 29.3 Å². The molecule has 0 atom stereocenters. The third-order valence-corrected chi connectivity index (χ3v) is 3.19. The highest BCUT2D eigenvalue weighted by Gasteiger charge is 2.12. The number of hydrogen-bond acceptors (Lipinski definition) is 5. The summed E-state index contributed by atoms with van der Waals surface area (Å²) in [4.78, 5) is 32.7. The molecule has 1 aromatic carbocycles. The maximum Gasteiger partial charge on any atom is 0.339 e. The molecule has 0 unspecified atom stereocenters. The summed E-state index contributed by atoms with van der Waals surface area (Å²) in [5, 5.41) is 18.4. The minimum Gasteiger partial charge on any atom is -0.507 e. The Balaban J connectivity index is 2.06. The van der Waals surface area contributed by atoms with Crippen LogP contribution in [-0.4, -0.2) is 28.4 Å². The Kier molecular flexibility index (Phi) is 5.84. The Labute approximate surface area is 143 Å². The van der Waals surface area contributed by atoms with Gasteiger partial charge in [-0.2, -0.15) is 0 Å². The second-order valence-corrected chi connectivity index (χ2v) is 4.91. The van der Waals surface area contributed by atoms with E-state index >= 15 is 0 Å². The predicted octanol–water partition coefficient (Wildman–Crippen LogP) is 2.78. The predicted molar refractivity (Wildman–Crippen MR) is 90.7 cm³/mol. The van der Waals surface area contributed by atoms with Crippen molar-refractivity contribution in [3.63, 3.8) is 0 Å². The molecule has 0 radical (unpaired) electrons. The van der Waals surface area contributed by atoms with Gasteiger partial charge in [-0.25, -0.2) is 4.79 Å². The molecule has 126 valence electrons. The van der Waals surface area contributed by atoms with E-state index in [4.69, 9.17) is 5.11 Å². The standard InChI is InChI=1S/C19H14O6/c20-12-25-18-11-14(7-9-17(18)22)5-3-1-2-4-13-6-8-16(21)15(10-13)19(23)24/h1-12,21H,(H,23,24). The highest BCUT2D eigenvalue weighted by Crippen LogP contribution is 2.19. The molecule has 0 spiro atoms. The average Bonchev–Trinajstić information content (AvgIpc) is 2.58. The van der Waals surface area contributed by atoms with Crippen molar-refractivity contribution in [2.24, 2.45) is 0 Å². The molecule has 6 nitrogen and oxygen atoms in total. The van der Waals surface area contributed by atoms with Gasteiger partial charge in [0.1, 0.15) is 11.3 Å². The summed E-state index contributed by atoms with van der Waals surface area (Å²) in [5.41, 5.74) is 1.13. The van der Waals surface area contributed by atoms with Gasteiger partial charge in [-0.1, -0.05) is 42.5 Å². The number of phenols is 1. The van der Waals surface area contributed by atoms with Gasteiger partial charge in [0.25, 0.3) is 6.47 Å². The molecule has 0 heterocycles. The monoisotopic (exact) mass is 338 g/mol. The fourth-order valence-electron chi connectivity index (χ4n) is 2.00. The minimum atomic E-state index is -1.20. The van der Waals surface area contributed by atoms with Crippen LogP contribution < -0.4 is 0 Å². The van der Waals surface area contributed by atoms with Crippen LogP contribution in [0, 0.1) is 0 Å². The number of ketones is 1. The van der Waals surface area contributed by atoms with Crippen LogP contribution in [0.1, 0.15) is 15.9 Å². The van der Waals surface area contributed by atoms with Crippen LogP contribution in [0.2, 0.25) is 0 Å². The fourth-order valence-corrected chi connectivity index (χ4v) is 2.00. The van der Waals surface area contributed by atoms with Crippen molar-refractivity contribution < 1.29 is 29.3 Å². The lowest BCUT2D eigenvalue weighted by atomic mass is 10.1. The summed E-state index contributed by atoms with van der Waals surface area (Å²) in [6, 6.07) is 4.27. The van der Waals surface area contributed by atoms with Gasteiger partial charge in [0.15, 0.2) is 5.76 Å². The van der Waals surface area contributed by atoms with Gasteiger partial charge in [-0.15, -0.1) is 0 Å². The number of carbonyl (C=O) groups excluding carboxylic acids is 2. The number of allylic oxidation sites excluding steroid dienone is 8. The third-order valence-electron chi connectivity index (χ3n) is 3.19. The number of benzene rings is 1. The molecule has 1 aliphatic rings. The number of hydrogen-bond donors (Lipinski definition) is 2. The lowest BCUT2D eigenvalue weighted by molar-refractivity contribution is -0.129. The molecule has 0 aromatic heterocycles. The molecule has 2 rings (SSSR count). The summed E-state index contributed by atoms with van der Waals surface area (Å²) in [6.45, 7) is 0.197. The van der Waals surface area contributed by atoms with Crippen molar-refractivity contribution in [1.29, 1.82) is 0 Å². The maximum absolute atomic E-state index is 11.4. The summed E-state index contributed by atoms with van der Waals surface area (Å²) in [6.07, 6.45) is 12.8. The normalized spacial score (nSPS) is 15.8. The van der Waals surface area contributed by atoms with E-state index < -0.39 is 5.97 Å². The van der Waals surface area contributed by atoms with Crippen molar-refractivity contribution >= 4 is 24.3 Å². The summed E-state index contributed by atoms with van der Waals surface area (Å²) < 4.78 is 4.58. The molecule has 1 aromatic rings. The van der Waals surface area contributed by atoms with Gasteiger partial charge in [-0.3, -0.25) is 9.59 Å². The summed E-state index contributed by atoms with van der Waals surface area (Å²) in [5.74, 6) is -1.91. The number of ether oxygens (including phenoxy) is 1. The molecule has 0 saturated carbocycles. The highest BCUT2D eigenvalue weighted by molar-refractivity contribution is 6.05. The largest absolute Gasteiger partial charge is 0.507 e. The van der Waals surface area contributed by atoms with E-state index in [1.165, 1.54) is 24.3 Å². The Morgan fingerprint density at radius 2 is 1.92 bits per heavy atom. The van der Waals surface area contributed by atoms with Crippen LogP contribution in [0.4, 0.5) is 0 Å². The first-order valence-electron chi connectivity index (χ1n) is 7.17. The Hall–Kier alpha value is -3.67. The lowest BCUT2D eigenvalue weighted by Gasteiger charge is -2.05. The van der Waals surface area contributed by atoms with Crippen LogP contribution in [0.5, 0.6) is 5.75 Å². The van der Waals surface area contributed by atoms with E-state index in [0.717, 1.165) is 0 Å². The van der Waals surface area contributed by atoms with Crippen molar-refractivity contribution in [3.8, 4) is 5.75 Å². The lowest BCUT2D eigenvalue weighted by Crippen LogP contribution is -2.06. The topological polar surface area (TPSA) is 101 Å². The van der Waals surface area contributed by atoms with E-state index in [1.54, 1.807) is 42.5 Å². The Morgan fingerprint density at radius 3 is 2.64 bits per heavy atom. The average molecular weight is 338 g/mol. The molecule has 1 aliphatic carbocycles. The first-order chi connectivity index (χ1) is 12.0. The maximum atomic E-state index is 11.4. The molecule has 25 heavy (non-hydrogen) atoms. The molecular formula is C19H14O6. The summed E-state index contributed by atoms with van der Waals surface area (Å²) >= 11 is 0. The molecule has 0 fully saturated rings. The van der Waals surface area contributed by atoms with Crippen LogP contribution in [0.15, 0.2) is 72.1 Å². The first kappa shape index (κ1) is 17.7. The van der Waals surface area contributed by atoms with Gasteiger partial charge < -0.3 is 14.9 Å². The molecule has 0 amide bonds. The number of aromatic carboxylic acids is 1. The number of carbonyl (C=O) groups is 3. The van der Waals surface area contributed by atoms with E-state index in [0.29, 0.717) is 11.1 Å². The number of rotatable bonds is 6. The molecule has 0 aliphatic heterocycles. The fraction of sp³-hybridized carbons (Fsp3) is 0. The van der Waals surface area contributed by atoms with Crippen molar-refractivity contribution in [1.82, 2.24) is 0 Å². The van der Waals surface area contributed by atoms with Gasteiger partial charge in [0, 0.05) is 0 Å². The van der Waals surface area contributed by atoms with Crippen LogP contribution in [0.25, 0.3) is 6.08 Å². The van der Waals surface area contributed by atoms with E-state index in [1.807, 2.05) is 0 Å². The second-order valence-electron chi connectivity index (χ2n) is 4.91. The SMILES string of the molecule is O=COC1=CC(=CC=CC=Cc2ccc(O)c(C(=O)O)c2)C=CC1=O. The highest BCUT2D eigenvalue weighted by atomic mass is 16.5. The number of aromatic hydroxyl groups is 1. The van der Waals surface area contributed by atoms with Gasteiger partial charge in [0.05, 0.1) is 0 Å². The van der Waals surface area contributed by atoms with Gasteiger partial charge in [0.2, 0.25) is 5.78 Å². The van der Waals surface area contributed by atoms with Crippen LogP contribution in [0.3, 0.4) is 0 Å². The molecule has 0 saturated heterocycles. The first-order valence-corrected chi connectivity index (χ1v) is 7.17. The van der Waals surface area contributed by atoms with Crippen LogP contribution in [-0.2, 0) is 14.3 Å².